The molecule has 1 saturated heterocycles. The van der Waals surface area contributed by atoms with Gasteiger partial charge in [0.05, 0.1) is 3.23 Å². The van der Waals surface area contributed by atoms with Crippen LogP contribution in [0.5, 0.6) is 0 Å². The summed E-state index contributed by atoms with van der Waals surface area (Å²) in [5.41, 5.74) is 0. The Hall–Kier alpha value is 0.920. The second-order valence-electron chi connectivity index (χ2n) is 2.55. The van der Waals surface area contributed by atoms with E-state index in [1.807, 2.05) is 0 Å². The number of hydrogen-bond acceptors (Lipinski definition) is 1. The third-order valence-electron chi connectivity index (χ3n) is 2.09. The third-order valence-corrected chi connectivity index (χ3v) is 4.45. The molecule has 0 aromatic carbocycles. The number of rotatable bonds is 0. The number of halogens is 2. The summed E-state index contributed by atoms with van der Waals surface area (Å²) in [6, 6.07) is 0. The molecule has 2 aliphatic rings. The Balaban J connectivity index is 2.13. The standard InChI is InChI=1S/C5H7Br2N/c6-5(7)3-1-8-2-4(3)5/h3-4,8H,1-2H2. The minimum Gasteiger partial charge on any atom is -0.316 e. The monoisotopic (exact) mass is 239 g/mol. The molecule has 0 radical (unpaired) electrons. The number of nitrogens with one attached hydrogen (secondary N) is 1. The van der Waals surface area contributed by atoms with E-state index in [2.05, 4.69) is 37.2 Å². The van der Waals surface area contributed by atoms with Gasteiger partial charge in [0.2, 0.25) is 0 Å². The fourth-order valence-corrected chi connectivity index (χ4v) is 3.07. The molecule has 0 spiro atoms. The molecule has 3 heteroatoms. The minimum atomic E-state index is 0.325. The molecule has 0 amide bonds. The zero-order valence-electron chi connectivity index (χ0n) is 4.32. The second kappa shape index (κ2) is 1.50. The fraction of sp³-hybridized carbons (Fsp3) is 1.00. The van der Waals surface area contributed by atoms with E-state index in [1.54, 1.807) is 0 Å². The van der Waals surface area contributed by atoms with Crippen LogP contribution in [0.15, 0.2) is 0 Å². The molecule has 1 nitrogen and oxygen atoms in total. The van der Waals surface area contributed by atoms with Gasteiger partial charge in [0.1, 0.15) is 0 Å². The molecule has 2 unspecified atom stereocenters. The van der Waals surface area contributed by atoms with Crippen molar-refractivity contribution in [3.63, 3.8) is 0 Å². The number of piperidine rings is 1. The largest absolute Gasteiger partial charge is 0.316 e. The average Bonchev–Trinajstić information content (AvgIpc) is 2.22. The summed E-state index contributed by atoms with van der Waals surface area (Å²) in [6.45, 7) is 2.36. The van der Waals surface area contributed by atoms with Crippen LogP contribution in [0.25, 0.3) is 0 Å². The zero-order chi connectivity index (χ0) is 5.78. The molecule has 1 aliphatic carbocycles. The molecule has 2 rings (SSSR count). The SMILES string of the molecule is BrC1(Br)C2CNCC21. The highest BCUT2D eigenvalue weighted by Crippen LogP contribution is 2.63. The summed E-state index contributed by atoms with van der Waals surface area (Å²) in [6.07, 6.45) is 0. The van der Waals surface area contributed by atoms with Gasteiger partial charge >= 0.3 is 0 Å². The first kappa shape index (κ1) is 5.69. The van der Waals surface area contributed by atoms with Crippen LogP contribution >= 0.6 is 31.9 Å². The molecule has 8 heavy (non-hydrogen) atoms. The van der Waals surface area contributed by atoms with Crippen LogP contribution in [0.3, 0.4) is 0 Å². The summed E-state index contributed by atoms with van der Waals surface area (Å²) < 4.78 is 0.325. The lowest BCUT2D eigenvalue weighted by Gasteiger charge is -2.02. The zero-order valence-corrected chi connectivity index (χ0v) is 7.50. The maximum absolute atomic E-state index is 3.61. The lowest BCUT2D eigenvalue weighted by atomic mass is 10.4. The van der Waals surface area contributed by atoms with Gasteiger partial charge in [-0.3, -0.25) is 0 Å². The van der Waals surface area contributed by atoms with E-state index in [4.69, 9.17) is 0 Å². The van der Waals surface area contributed by atoms with Crippen molar-refractivity contribution in [3.8, 4) is 0 Å². The van der Waals surface area contributed by atoms with Crippen LogP contribution in [0.1, 0.15) is 0 Å². The van der Waals surface area contributed by atoms with E-state index in [0.29, 0.717) is 3.23 Å². The minimum absolute atomic E-state index is 0.325. The maximum Gasteiger partial charge on any atom is 0.0893 e. The van der Waals surface area contributed by atoms with Crippen molar-refractivity contribution in [2.75, 3.05) is 13.1 Å². The quantitative estimate of drug-likeness (QED) is 0.630. The van der Waals surface area contributed by atoms with E-state index in [9.17, 15) is 0 Å². The molecule has 0 bridgehead atoms. The van der Waals surface area contributed by atoms with E-state index < -0.39 is 0 Å². The van der Waals surface area contributed by atoms with Crippen LogP contribution in [-0.4, -0.2) is 16.3 Å². The highest BCUT2D eigenvalue weighted by Gasteiger charge is 2.63. The van der Waals surface area contributed by atoms with Gasteiger partial charge in [-0.2, -0.15) is 0 Å². The Morgan fingerprint density at radius 1 is 1.25 bits per heavy atom. The Bertz CT molecular complexity index is 112. The summed E-state index contributed by atoms with van der Waals surface area (Å²) in [5, 5.41) is 3.32. The predicted octanol–water partition coefficient (Wildman–Crippen LogP) is 1.32. The fourth-order valence-electron chi connectivity index (χ4n) is 1.41. The van der Waals surface area contributed by atoms with Gasteiger partial charge in [0, 0.05) is 24.9 Å². The van der Waals surface area contributed by atoms with E-state index in [-0.39, 0.29) is 0 Å². The Labute approximate surface area is 65.5 Å². The first-order chi connectivity index (χ1) is 3.73. The molecule has 2 fully saturated rings. The maximum atomic E-state index is 3.61. The van der Waals surface area contributed by atoms with Crippen LogP contribution in [0.2, 0.25) is 0 Å². The molecule has 46 valence electrons. The Morgan fingerprint density at radius 3 is 2.00 bits per heavy atom. The van der Waals surface area contributed by atoms with E-state index in [0.717, 1.165) is 11.8 Å². The van der Waals surface area contributed by atoms with Crippen molar-refractivity contribution in [3.05, 3.63) is 0 Å². The normalized spacial score (nSPS) is 48.8. The predicted molar refractivity (Wildman–Crippen MR) is 40.4 cm³/mol. The van der Waals surface area contributed by atoms with Gasteiger partial charge in [-0.1, -0.05) is 31.9 Å². The highest BCUT2D eigenvalue weighted by molar-refractivity contribution is 9.25. The van der Waals surface area contributed by atoms with Crippen molar-refractivity contribution in [2.45, 2.75) is 3.23 Å². The van der Waals surface area contributed by atoms with E-state index in [1.165, 1.54) is 13.1 Å². The third kappa shape index (κ3) is 0.554. The molecule has 0 aromatic rings. The van der Waals surface area contributed by atoms with Gasteiger partial charge in [0.15, 0.2) is 0 Å². The Kier molecular flexibility index (Phi) is 1.06. The van der Waals surface area contributed by atoms with Crippen LogP contribution in [-0.2, 0) is 0 Å². The van der Waals surface area contributed by atoms with Gasteiger partial charge in [-0.25, -0.2) is 0 Å². The molecule has 2 atom stereocenters. The van der Waals surface area contributed by atoms with Crippen LogP contribution < -0.4 is 5.32 Å². The van der Waals surface area contributed by atoms with Gasteiger partial charge in [0.25, 0.3) is 0 Å². The lowest BCUT2D eigenvalue weighted by molar-refractivity contribution is 0.730. The van der Waals surface area contributed by atoms with Gasteiger partial charge in [-0.15, -0.1) is 0 Å². The lowest BCUT2D eigenvalue weighted by Crippen LogP contribution is -2.17. The highest BCUT2D eigenvalue weighted by atomic mass is 79.9. The summed E-state index contributed by atoms with van der Waals surface area (Å²) in [7, 11) is 0. The molecule has 1 saturated carbocycles. The number of hydrogen-bond donors (Lipinski definition) is 1. The topological polar surface area (TPSA) is 12.0 Å². The molecular formula is C5H7Br2N. The molecule has 1 heterocycles. The van der Waals surface area contributed by atoms with Gasteiger partial charge < -0.3 is 5.32 Å². The summed E-state index contributed by atoms with van der Waals surface area (Å²) in [5.74, 6) is 1.70. The number of alkyl halides is 2. The average molecular weight is 241 g/mol. The molecule has 1 aliphatic heterocycles. The van der Waals surface area contributed by atoms with Crippen LogP contribution in [0, 0.1) is 11.8 Å². The first-order valence-electron chi connectivity index (χ1n) is 2.81. The van der Waals surface area contributed by atoms with Crippen molar-refractivity contribution < 1.29 is 0 Å². The smallest absolute Gasteiger partial charge is 0.0893 e. The molecular weight excluding hydrogens is 234 g/mol. The van der Waals surface area contributed by atoms with Gasteiger partial charge in [-0.05, 0) is 0 Å². The molecule has 1 N–H and O–H groups in total. The van der Waals surface area contributed by atoms with Crippen molar-refractivity contribution >= 4 is 31.9 Å². The van der Waals surface area contributed by atoms with Crippen LogP contribution in [0.4, 0.5) is 0 Å². The second-order valence-corrected chi connectivity index (χ2v) is 6.23. The molecule has 0 aromatic heterocycles. The first-order valence-corrected chi connectivity index (χ1v) is 4.40. The van der Waals surface area contributed by atoms with Crippen molar-refractivity contribution in [2.24, 2.45) is 11.8 Å². The Morgan fingerprint density at radius 2 is 1.75 bits per heavy atom. The summed E-state index contributed by atoms with van der Waals surface area (Å²) >= 11 is 7.21. The van der Waals surface area contributed by atoms with E-state index >= 15 is 0 Å². The van der Waals surface area contributed by atoms with Crippen molar-refractivity contribution in [1.82, 2.24) is 5.32 Å². The van der Waals surface area contributed by atoms with Crippen molar-refractivity contribution in [1.29, 1.82) is 0 Å². The summed E-state index contributed by atoms with van der Waals surface area (Å²) in [4.78, 5) is 0. The number of fused-ring (bicyclic) bond motifs is 1.